The van der Waals surface area contributed by atoms with Gasteiger partial charge in [0, 0.05) is 24.3 Å². The number of hydrogen-bond donors (Lipinski definition) is 1. The number of nitrogens with one attached hydrogen (secondary N) is 1. The Hall–Kier alpha value is -1.28. The third kappa shape index (κ3) is 1.01. The lowest BCUT2D eigenvalue weighted by Gasteiger charge is -2.28. The summed E-state index contributed by atoms with van der Waals surface area (Å²) in [6.45, 7) is 1.16. The topological polar surface area (TPSA) is 17.0 Å². The molecule has 2 nitrogen and oxygen atoms in total. The second-order valence-electron chi connectivity index (χ2n) is 3.98. The van der Waals surface area contributed by atoms with Crippen LogP contribution in [0.2, 0.25) is 0 Å². The van der Waals surface area contributed by atoms with Crippen LogP contribution in [0.5, 0.6) is 0 Å². The van der Waals surface area contributed by atoms with Crippen molar-refractivity contribution in [3.8, 4) is 0 Å². The minimum atomic E-state index is 0.576. The highest BCUT2D eigenvalue weighted by atomic mass is 15.1. The highest BCUT2D eigenvalue weighted by molar-refractivity contribution is 5.81. The Balaban J connectivity index is 2.19. The van der Waals surface area contributed by atoms with E-state index in [0.29, 0.717) is 6.04 Å². The van der Waals surface area contributed by atoms with Crippen molar-refractivity contribution in [2.24, 2.45) is 7.05 Å². The number of aryl methyl sites for hydroxylation is 1. The lowest BCUT2D eigenvalue weighted by molar-refractivity contribution is 0.369. The third-order valence-electron chi connectivity index (χ3n) is 3.17. The zero-order valence-corrected chi connectivity index (χ0v) is 8.33. The number of nitrogens with zero attached hydrogens (tertiary/aromatic N) is 1. The second-order valence-corrected chi connectivity index (χ2v) is 3.98. The average Bonchev–Trinajstić information content (AvgIpc) is 2.43. The molecule has 0 aliphatic carbocycles. The van der Waals surface area contributed by atoms with Crippen molar-refractivity contribution in [2.45, 2.75) is 12.5 Å². The minimum Gasteiger partial charge on any atom is -0.346 e. The molecule has 1 aromatic carbocycles. The van der Waals surface area contributed by atoms with Crippen molar-refractivity contribution in [3.63, 3.8) is 0 Å². The van der Waals surface area contributed by atoms with Crippen LogP contribution in [-0.4, -0.2) is 11.1 Å². The van der Waals surface area contributed by atoms with Gasteiger partial charge in [0.15, 0.2) is 0 Å². The van der Waals surface area contributed by atoms with E-state index in [2.05, 4.69) is 47.3 Å². The van der Waals surface area contributed by atoms with Crippen LogP contribution in [0.4, 0.5) is 0 Å². The molecule has 1 N–H and O–H groups in total. The monoisotopic (exact) mass is 186 g/mol. The molecule has 2 heteroatoms. The fraction of sp³-hybridized carbons (Fsp3) is 0.333. The van der Waals surface area contributed by atoms with E-state index in [4.69, 9.17) is 0 Å². The summed E-state index contributed by atoms with van der Waals surface area (Å²) in [5, 5.41) is 4.79. The summed E-state index contributed by atoms with van der Waals surface area (Å²) in [6, 6.07) is 11.4. The molecule has 1 atom stereocenters. The Morgan fingerprint density at radius 1 is 1.36 bits per heavy atom. The van der Waals surface area contributed by atoms with Crippen molar-refractivity contribution >= 4 is 10.9 Å². The van der Waals surface area contributed by atoms with Crippen LogP contribution in [0.15, 0.2) is 30.3 Å². The molecule has 0 saturated carbocycles. The first-order chi connectivity index (χ1) is 6.86. The first-order valence-electron chi connectivity index (χ1n) is 5.14. The molecule has 1 saturated heterocycles. The molecule has 2 heterocycles. The molecule has 72 valence electrons. The van der Waals surface area contributed by atoms with Gasteiger partial charge >= 0.3 is 0 Å². The van der Waals surface area contributed by atoms with Crippen molar-refractivity contribution in [1.29, 1.82) is 0 Å². The standard InChI is InChI=1S/C12H14N2/c1-14-11-5-3-2-4-9(11)8-12(14)10-6-7-13-10/h2-5,8,10,13H,6-7H2,1H3/t10-/m1/s1. The Kier molecular flexibility index (Phi) is 1.64. The van der Waals surface area contributed by atoms with E-state index in [1.807, 2.05) is 0 Å². The first kappa shape index (κ1) is 8.06. The van der Waals surface area contributed by atoms with Crippen LogP contribution in [-0.2, 0) is 7.05 Å². The van der Waals surface area contributed by atoms with Crippen LogP contribution in [0.25, 0.3) is 10.9 Å². The Bertz CT molecular complexity index is 466. The van der Waals surface area contributed by atoms with E-state index in [0.717, 1.165) is 6.54 Å². The van der Waals surface area contributed by atoms with Gasteiger partial charge in [0.05, 0.1) is 0 Å². The fourth-order valence-corrected chi connectivity index (χ4v) is 2.19. The molecule has 0 bridgehead atoms. The quantitative estimate of drug-likeness (QED) is 0.722. The molecule has 0 radical (unpaired) electrons. The van der Waals surface area contributed by atoms with E-state index in [1.54, 1.807) is 0 Å². The van der Waals surface area contributed by atoms with Gasteiger partial charge in [0.25, 0.3) is 0 Å². The van der Waals surface area contributed by atoms with Crippen LogP contribution >= 0.6 is 0 Å². The van der Waals surface area contributed by atoms with Gasteiger partial charge in [-0.05, 0) is 30.5 Å². The van der Waals surface area contributed by atoms with E-state index >= 15 is 0 Å². The van der Waals surface area contributed by atoms with Gasteiger partial charge in [-0.25, -0.2) is 0 Å². The maximum absolute atomic E-state index is 3.44. The van der Waals surface area contributed by atoms with Crippen molar-refractivity contribution in [2.75, 3.05) is 6.54 Å². The number of aromatic nitrogens is 1. The van der Waals surface area contributed by atoms with Crippen LogP contribution in [0.1, 0.15) is 18.2 Å². The fourth-order valence-electron chi connectivity index (χ4n) is 2.19. The van der Waals surface area contributed by atoms with E-state index in [-0.39, 0.29) is 0 Å². The molecule has 0 spiro atoms. The minimum absolute atomic E-state index is 0.576. The molecule has 0 amide bonds. The summed E-state index contributed by atoms with van der Waals surface area (Å²) in [5.74, 6) is 0. The first-order valence-corrected chi connectivity index (χ1v) is 5.14. The second kappa shape index (κ2) is 2.85. The number of fused-ring (bicyclic) bond motifs is 1. The average molecular weight is 186 g/mol. The molecule has 1 fully saturated rings. The highest BCUT2D eigenvalue weighted by Crippen LogP contribution is 2.28. The normalized spacial score (nSPS) is 21.1. The van der Waals surface area contributed by atoms with E-state index in [1.165, 1.54) is 23.0 Å². The van der Waals surface area contributed by atoms with Crippen molar-refractivity contribution in [3.05, 3.63) is 36.0 Å². The van der Waals surface area contributed by atoms with Gasteiger partial charge in [-0.1, -0.05) is 18.2 Å². The van der Waals surface area contributed by atoms with E-state index < -0.39 is 0 Å². The third-order valence-corrected chi connectivity index (χ3v) is 3.17. The number of para-hydroxylation sites is 1. The number of hydrogen-bond acceptors (Lipinski definition) is 1. The molecule has 3 rings (SSSR count). The summed E-state index contributed by atoms with van der Waals surface area (Å²) in [6.07, 6.45) is 1.27. The smallest absolute Gasteiger partial charge is 0.0487 e. The van der Waals surface area contributed by atoms with Crippen LogP contribution in [0, 0.1) is 0 Å². The summed E-state index contributed by atoms with van der Waals surface area (Å²) in [7, 11) is 2.15. The summed E-state index contributed by atoms with van der Waals surface area (Å²) in [5.41, 5.74) is 2.74. The van der Waals surface area contributed by atoms with Gasteiger partial charge in [-0.15, -0.1) is 0 Å². The molecule has 0 unspecified atom stereocenters. The van der Waals surface area contributed by atoms with Crippen molar-refractivity contribution < 1.29 is 0 Å². The van der Waals surface area contributed by atoms with Gasteiger partial charge in [0.1, 0.15) is 0 Å². The SMILES string of the molecule is Cn1c([C@H]2CCN2)cc2ccccc21. The zero-order chi connectivity index (χ0) is 9.54. The summed E-state index contributed by atoms with van der Waals surface area (Å²) < 4.78 is 2.30. The van der Waals surface area contributed by atoms with Gasteiger partial charge in [-0.3, -0.25) is 0 Å². The summed E-state index contributed by atoms with van der Waals surface area (Å²) >= 11 is 0. The van der Waals surface area contributed by atoms with Gasteiger partial charge in [-0.2, -0.15) is 0 Å². The molecule has 2 aromatic rings. The maximum Gasteiger partial charge on any atom is 0.0487 e. The largest absolute Gasteiger partial charge is 0.346 e. The van der Waals surface area contributed by atoms with Crippen LogP contribution < -0.4 is 5.32 Å². The van der Waals surface area contributed by atoms with Crippen molar-refractivity contribution in [1.82, 2.24) is 9.88 Å². The molecule has 14 heavy (non-hydrogen) atoms. The molecule has 1 aromatic heterocycles. The van der Waals surface area contributed by atoms with Crippen LogP contribution in [0.3, 0.4) is 0 Å². The molecular formula is C12H14N2. The van der Waals surface area contributed by atoms with Gasteiger partial charge in [0.2, 0.25) is 0 Å². The molecule has 1 aliphatic rings. The predicted molar refractivity (Wildman–Crippen MR) is 58.3 cm³/mol. The maximum atomic E-state index is 3.44. The van der Waals surface area contributed by atoms with E-state index in [9.17, 15) is 0 Å². The van der Waals surface area contributed by atoms with Gasteiger partial charge < -0.3 is 9.88 Å². The Morgan fingerprint density at radius 3 is 2.79 bits per heavy atom. The molecular weight excluding hydrogens is 172 g/mol. The molecule has 1 aliphatic heterocycles. The Labute approximate surface area is 83.5 Å². The zero-order valence-electron chi connectivity index (χ0n) is 8.33. The summed E-state index contributed by atoms with van der Waals surface area (Å²) in [4.78, 5) is 0. The lowest BCUT2D eigenvalue weighted by Crippen LogP contribution is -2.36. The Morgan fingerprint density at radius 2 is 2.14 bits per heavy atom. The predicted octanol–water partition coefficient (Wildman–Crippen LogP) is 2.21. The number of benzene rings is 1. The number of rotatable bonds is 1. The highest BCUT2D eigenvalue weighted by Gasteiger charge is 2.21. The lowest BCUT2D eigenvalue weighted by atomic mass is 10.0.